The molecule has 0 N–H and O–H groups in total. The van der Waals surface area contributed by atoms with Crippen molar-refractivity contribution in [1.29, 1.82) is 0 Å². The van der Waals surface area contributed by atoms with Crippen LogP contribution >= 0.6 is 0 Å². The Kier molecular flexibility index (Phi) is 5.20. The Morgan fingerprint density at radius 1 is 1.00 bits per heavy atom. The lowest BCUT2D eigenvalue weighted by Crippen LogP contribution is -2.32. The van der Waals surface area contributed by atoms with E-state index in [1.807, 2.05) is 24.3 Å². The Morgan fingerprint density at radius 3 is 2.08 bits per heavy atom. The molecule has 3 rings (SSSR count). The van der Waals surface area contributed by atoms with E-state index in [9.17, 15) is 18.0 Å². The number of nitrogens with zero attached hydrogens (tertiary/aromatic N) is 1. The van der Waals surface area contributed by atoms with Crippen molar-refractivity contribution in [3.05, 3.63) is 59.7 Å². The smallest absolute Gasteiger partial charge is 0.406 e. The molecule has 2 aromatic carbocycles. The van der Waals surface area contributed by atoms with Crippen molar-refractivity contribution in [2.24, 2.45) is 0 Å². The summed E-state index contributed by atoms with van der Waals surface area (Å²) in [5.41, 5.74) is 2.82. The van der Waals surface area contributed by atoms with E-state index in [2.05, 4.69) is 9.64 Å². The Labute approximate surface area is 150 Å². The minimum Gasteiger partial charge on any atom is -0.406 e. The van der Waals surface area contributed by atoms with Gasteiger partial charge < -0.3 is 9.64 Å². The van der Waals surface area contributed by atoms with Crippen molar-refractivity contribution in [1.82, 2.24) is 0 Å². The quantitative estimate of drug-likeness (QED) is 0.702. The number of rotatable bonds is 4. The molecule has 0 bridgehead atoms. The molecule has 0 atom stereocenters. The van der Waals surface area contributed by atoms with Gasteiger partial charge in [-0.1, -0.05) is 12.1 Å². The maximum Gasteiger partial charge on any atom is 0.573 e. The van der Waals surface area contributed by atoms with Gasteiger partial charge in [-0.15, -0.1) is 13.2 Å². The third-order valence-electron chi connectivity index (χ3n) is 4.72. The molecule has 138 valence electrons. The minimum atomic E-state index is -4.66. The van der Waals surface area contributed by atoms with Crippen LogP contribution in [0, 0.1) is 0 Å². The van der Waals surface area contributed by atoms with Gasteiger partial charge in [0, 0.05) is 24.3 Å². The summed E-state index contributed by atoms with van der Waals surface area (Å²) in [6.45, 7) is 3.28. The van der Waals surface area contributed by atoms with Gasteiger partial charge in [-0.25, -0.2) is 0 Å². The number of benzene rings is 2. The summed E-state index contributed by atoms with van der Waals surface area (Å²) < 4.78 is 40.6. The summed E-state index contributed by atoms with van der Waals surface area (Å²) in [7, 11) is 0. The number of piperidine rings is 1. The highest BCUT2D eigenvalue weighted by atomic mass is 19.4. The average molecular weight is 363 g/mol. The number of Topliss-reactive ketones (excluding diaryl/α,β-unsaturated/α-hetero) is 1. The zero-order chi connectivity index (χ0) is 18.7. The van der Waals surface area contributed by atoms with Crippen LogP contribution in [-0.2, 0) is 0 Å². The molecule has 3 nitrogen and oxygen atoms in total. The second-order valence-electron chi connectivity index (χ2n) is 6.48. The molecular formula is C20H20F3NO2. The van der Waals surface area contributed by atoms with E-state index in [0.29, 0.717) is 11.5 Å². The van der Waals surface area contributed by atoms with Crippen LogP contribution in [0.3, 0.4) is 0 Å². The monoisotopic (exact) mass is 363 g/mol. The number of carbonyl (C=O) groups is 1. The first-order valence-electron chi connectivity index (χ1n) is 8.53. The van der Waals surface area contributed by atoms with Gasteiger partial charge >= 0.3 is 6.36 Å². The molecular weight excluding hydrogens is 343 g/mol. The Morgan fingerprint density at radius 2 is 1.58 bits per heavy atom. The molecule has 2 aromatic rings. The van der Waals surface area contributed by atoms with Gasteiger partial charge in [-0.05, 0) is 67.6 Å². The Bertz CT molecular complexity index is 746. The van der Waals surface area contributed by atoms with Crippen LogP contribution in [0.5, 0.6) is 5.75 Å². The van der Waals surface area contributed by atoms with E-state index in [1.165, 1.54) is 12.1 Å². The fourth-order valence-electron chi connectivity index (χ4n) is 3.32. The van der Waals surface area contributed by atoms with Crippen LogP contribution in [0.2, 0.25) is 0 Å². The molecule has 0 radical (unpaired) electrons. The lowest BCUT2D eigenvalue weighted by Gasteiger charge is -2.34. The highest BCUT2D eigenvalue weighted by Crippen LogP contribution is 2.32. The maximum atomic E-state index is 12.2. The van der Waals surface area contributed by atoms with Crippen molar-refractivity contribution in [3.8, 4) is 5.75 Å². The van der Waals surface area contributed by atoms with Gasteiger partial charge in [0.1, 0.15) is 5.75 Å². The highest BCUT2D eigenvalue weighted by molar-refractivity contribution is 5.94. The average Bonchev–Trinajstić information content (AvgIpc) is 2.61. The highest BCUT2D eigenvalue weighted by Gasteiger charge is 2.31. The maximum absolute atomic E-state index is 12.2. The van der Waals surface area contributed by atoms with Crippen molar-refractivity contribution in [2.75, 3.05) is 18.0 Å². The first-order chi connectivity index (χ1) is 12.3. The molecule has 1 fully saturated rings. The Hall–Kier alpha value is -2.50. The first-order valence-corrected chi connectivity index (χ1v) is 8.53. The fraction of sp³-hybridized carbons (Fsp3) is 0.350. The summed E-state index contributed by atoms with van der Waals surface area (Å²) in [6.07, 6.45) is -2.81. The second kappa shape index (κ2) is 7.40. The lowest BCUT2D eigenvalue weighted by molar-refractivity contribution is -0.274. The molecule has 1 aliphatic rings. The van der Waals surface area contributed by atoms with Crippen molar-refractivity contribution < 1.29 is 22.7 Å². The molecule has 6 heteroatoms. The van der Waals surface area contributed by atoms with Crippen LogP contribution in [0.15, 0.2) is 48.5 Å². The predicted molar refractivity (Wildman–Crippen MR) is 93.8 cm³/mol. The molecule has 0 saturated carbocycles. The normalized spacial score (nSPS) is 15.8. The molecule has 1 saturated heterocycles. The number of halogens is 3. The second-order valence-corrected chi connectivity index (χ2v) is 6.48. The molecule has 0 spiro atoms. The zero-order valence-corrected chi connectivity index (χ0v) is 14.4. The summed E-state index contributed by atoms with van der Waals surface area (Å²) in [5.74, 6) is 0.181. The van der Waals surface area contributed by atoms with Gasteiger partial charge in [-0.3, -0.25) is 4.79 Å². The largest absolute Gasteiger partial charge is 0.573 e. The molecule has 1 heterocycles. The van der Waals surface area contributed by atoms with Crippen LogP contribution in [0.1, 0.15) is 41.6 Å². The number of hydrogen-bond acceptors (Lipinski definition) is 3. The van der Waals surface area contributed by atoms with Crippen LogP contribution in [0.4, 0.5) is 18.9 Å². The van der Waals surface area contributed by atoms with E-state index in [-0.39, 0.29) is 11.5 Å². The molecule has 0 unspecified atom stereocenters. The number of hydrogen-bond donors (Lipinski definition) is 0. The predicted octanol–water partition coefficient (Wildman–Crippen LogP) is 5.17. The summed E-state index contributed by atoms with van der Waals surface area (Å²) >= 11 is 0. The van der Waals surface area contributed by atoms with Crippen molar-refractivity contribution in [3.63, 3.8) is 0 Å². The standard InChI is InChI=1S/C20H20F3NO2/c1-14(25)15-2-6-18(7-3-15)24-12-10-17(11-13-24)16-4-8-19(9-5-16)26-20(21,22)23/h2-9,17H,10-13H2,1H3. The third kappa shape index (κ3) is 4.56. The topological polar surface area (TPSA) is 29.5 Å². The SMILES string of the molecule is CC(=O)c1ccc(N2CCC(c3ccc(OC(F)(F)F)cc3)CC2)cc1. The van der Waals surface area contributed by atoms with Gasteiger partial charge in [0.2, 0.25) is 0 Å². The molecule has 0 aromatic heterocycles. The van der Waals surface area contributed by atoms with Crippen molar-refractivity contribution >= 4 is 11.5 Å². The van der Waals surface area contributed by atoms with Gasteiger partial charge in [0.05, 0.1) is 0 Å². The number of ketones is 1. The number of alkyl halides is 3. The van der Waals surface area contributed by atoms with E-state index in [0.717, 1.165) is 37.2 Å². The molecule has 1 aliphatic heterocycles. The molecule has 26 heavy (non-hydrogen) atoms. The number of ether oxygens (including phenoxy) is 1. The zero-order valence-electron chi connectivity index (χ0n) is 14.4. The lowest BCUT2D eigenvalue weighted by atomic mass is 9.89. The van der Waals surface area contributed by atoms with Crippen LogP contribution in [-0.4, -0.2) is 25.2 Å². The third-order valence-corrected chi connectivity index (χ3v) is 4.72. The number of carbonyl (C=O) groups excluding carboxylic acids is 1. The van der Waals surface area contributed by atoms with E-state index in [4.69, 9.17) is 0 Å². The summed E-state index contributed by atoms with van der Waals surface area (Å²) in [6, 6.07) is 13.8. The van der Waals surface area contributed by atoms with Gasteiger partial charge in [0.25, 0.3) is 0 Å². The van der Waals surface area contributed by atoms with Crippen LogP contribution < -0.4 is 9.64 Å². The molecule has 0 amide bonds. The van der Waals surface area contributed by atoms with E-state index < -0.39 is 6.36 Å². The van der Waals surface area contributed by atoms with Gasteiger partial charge in [0.15, 0.2) is 5.78 Å². The fourth-order valence-corrected chi connectivity index (χ4v) is 3.32. The Balaban J connectivity index is 1.58. The minimum absolute atomic E-state index is 0.0493. The van der Waals surface area contributed by atoms with Crippen LogP contribution in [0.25, 0.3) is 0 Å². The molecule has 0 aliphatic carbocycles. The summed E-state index contributed by atoms with van der Waals surface area (Å²) in [4.78, 5) is 13.6. The van der Waals surface area contributed by atoms with Crippen molar-refractivity contribution in [2.45, 2.75) is 32.0 Å². The first kappa shape index (κ1) is 18.3. The van der Waals surface area contributed by atoms with E-state index >= 15 is 0 Å². The summed E-state index contributed by atoms with van der Waals surface area (Å²) in [5, 5.41) is 0. The van der Waals surface area contributed by atoms with Gasteiger partial charge in [-0.2, -0.15) is 0 Å². The van der Waals surface area contributed by atoms with E-state index in [1.54, 1.807) is 19.1 Å². The number of anilines is 1.